The van der Waals surface area contributed by atoms with Crippen LogP contribution in [0.2, 0.25) is 0 Å². The number of nitrogens with one attached hydrogen (secondary N) is 1. The van der Waals surface area contributed by atoms with Crippen LogP contribution in [-0.2, 0) is 4.79 Å². The summed E-state index contributed by atoms with van der Waals surface area (Å²) >= 11 is 2.78. The van der Waals surface area contributed by atoms with Crippen LogP contribution in [0, 0.1) is 13.8 Å². The molecular formula is C20H23N3O3S2. The number of aromatic nitrogens is 2. The van der Waals surface area contributed by atoms with Gasteiger partial charge >= 0.3 is 0 Å². The Balaban J connectivity index is 1.86. The Morgan fingerprint density at radius 1 is 1.32 bits per heavy atom. The van der Waals surface area contributed by atoms with Crippen LogP contribution in [0.5, 0.6) is 5.75 Å². The molecule has 0 fully saturated rings. The van der Waals surface area contributed by atoms with Crippen molar-refractivity contribution in [3.05, 3.63) is 45.1 Å². The molecule has 3 rings (SSSR count). The van der Waals surface area contributed by atoms with Gasteiger partial charge in [0, 0.05) is 10.9 Å². The van der Waals surface area contributed by atoms with E-state index in [2.05, 4.69) is 5.32 Å². The number of amides is 1. The molecule has 3 aromatic rings. The van der Waals surface area contributed by atoms with Crippen LogP contribution < -0.4 is 15.6 Å². The molecule has 0 atom stereocenters. The van der Waals surface area contributed by atoms with Crippen LogP contribution in [-0.4, -0.2) is 28.3 Å². The number of nitrogens with zero attached hydrogens (tertiary/aromatic N) is 2. The van der Waals surface area contributed by atoms with E-state index in [-0.39, 0.29) is 23.3 Å². The van der Waals surface area contributed by atoms with Gasteiger partial charge in [0.15, 0.2) is 5.16 Å². The number of thioether (sulfide) groups is 1. The maximum absolute atomic E-state index is 13.0. The summed E-state index contributed by atoms with van der Waals surface area (Å²) in [6, 6.07) is 7.19. The van der Waals surface area contributed by atoms with Crippen LogP contribution in [0.15, 0.2) is 34.2 Å². The average Bonchev–Trinajstić information content (AvgIpc) is 2.94. The third-order valence-electron chi connectivity index (χ3n) is 4.43. The van der Waals surface area contributed by atoms with Gasteiger partial charge in [0.2, 0.25) is 5.91 Å². The van der Waals surface area contributed by atoms with Crippen molar-refractivity contribution < 1.29 is 9.53 Å². The molecule has 28 heavy (non-hydrogen) atoms. The number of ether oxygens (including phenoxy) is 1. The molecule has 0 aliphatic carbocycles. The van der Waals surface area contributed by atoms with Gasteiger partial charge in [-0.05, 0) is 45.4 Å². The van der Waals surface area contributed by atoms with E-state index in [1.165, 1.54) is 23.1 Å². The zero-order chi connectivity index (χ0) is 20.4. The molecule has 0 radical (unpaired) electrons. The molecule has 1 amide bonds. The molecule has 1 N–H and O–H groups in total. The SMILES string of the molecule is COc1ccccc1NC(=O)CSc1nc2sc(C)c(C)c2c(=O)n1C(C)C. The Kier molecular flexibility index (Phi) is 6.10. The van der Waals surface area contributed by atoms with Gasteiger partial charge in [0.25, 0.3) is 5.56 Å². The molecule has 0 saturated carbocycles. The molecule has 0 saturated heterocycles. The predicted molar refractivity (Wildman–Crippen MR) is 116 cm³/mol. The maximum atomic E-state index is 13.0. The van der Waals surface area contributed by atoms with Crippen molar-refractivity contribution >= 4 is 44.9 Å². The zero-order valence-electron chi connectivity index (χ0n) is 16.5. The highest BCUT2D eigenvalue weighted by molar-refractivity contribution is 7.99. The summed E-state index contributed by atoms with van der Waals surface area (Å²) in [6.07, 6.45) is 0. The number of carbonyl (C=O) groups is 1. The number of methoxy groups -OCH3 is 1. The number of fused-ring (bicyclic) bond motifs is 1. The summed E-state index contributed by atoms with van der Waals surface area (Å²) < 4.78 is 6.93. The van der Waals surface area contributed by atoms with E-state index >= 15 is 0 Å². The molecule has 0 spiro atoms. The van der Waals surface area contributed by atoms with Crippen LogP contribution in [0.4, 0.5) is 5.69 Å². The van der Waals surface area contributed by atoms with E-state index in [9.17, 15) is 9.59 Å². The van der Waals surface area contributed by atoms with Gasteiger partial charge in [-0.1, -0.05) is 23.9 Å². The smallest absolute Gasteiger partial charge is 0.263 e. The minimum atomic E-state index is -0.183. The van der Waals surface area contributed by atoms with E-state index < -0.39 is 0 Å². The average molecular weight is 418 g/mol. The topological polar surface area (TPSA) is 73.2 Å². The summed E-state index contributed by atoms with van der Waals surface area (Å²) in [5.41, 5.74) is 1.55. The number of anilines is 1. The van der Waals surface area contributed by atoms with Gasteiger partial charge in [-0.3, -0.25) is 14.2 Å². The van der Waals surface area contributed by atoms with Crippen molar-refractivity contribution in [1.29, 1.82) is 0 Å². The lowest BCUT2D eigenvalue weighted by Gasteiger charge is -2.15. The van der Waals surface area contributed by atoms with Crippen molar-refractivity contribution in [2.75, 3.05) is 18.2 Å². The van der Waals surface area contributed by atoms with Gasteiger partial charge in [0.1, 0.15) is 10.6 Å². The van der Waals surface area contributed by atoms with Crippen LogP contribution in [0.1, 0.15) is 30.3 Å². The van der Waals surface area contributed by atoms with Gasteiger partial charge in [-0.25, -0.2) is 4.98 Å². The lowest BCUT2D eigenvalue weighted by Crippen LogP contribution is -2.25. The number of hydrogen-bond donors (Lipinski definition) is 1. The van der Waals surface area contributed by atoms with E-state index in [1.807, 2.05) is 39.8 Å². The number of hydrogen-bond acceptors (Lipinski definition) is 6. The molecule has 0 bridgehead atoms. The summed E-state index contributed by atoms with van der Waals surface area (Å²) in [7, 11) is 1.56. The molecule has 8 heteroatoms. The first kappa shape index (κ1) is 20.4. The number of rotatable bonds is 6. The second-order valence-electron chi connectivity index (χ2n) is 6.66. The van der Waals surface area contributed by atoms with E-state index in [0.717, 1.165) is 15.3 Å². The Morgan fingerprint density at radius 3 is 2.71 bits per heavy atom. The zero-order valence-corrected chi connectivity index (χ0v) is 18.2. The normalized spacial score (nSPS) is 11.2. The predicted octanol–water partition coefficient (Wildman–Crippen LogP) is 4.40. The highest BCUT2D eigenvalue weighted by Gasteiger charge is 2.19. The highest BCUT2D eigenvalue weighted by Crippen LogP contribution is 2.30. The molecule has 2 aromatic heterocycles. The molecule has 6 nitrogen and oxygen atoms in total. The standard InChI is InChI=1S/C20H23N3O3S2/c1-11(2)23-19(25)17-12(3)13(4)28-18(17)22-20(23)27-10-16(24)21-14-8-6-7-9-15(14)26-5/h6-9,11H,10H2,1-5H3,(H,21,24). The Hall–Kier alpha value is -2.32. The first-order valence-electron chi connectivity index (χ1n) is 8.91. The molecule has 0 aliphatic heterocycles. The van der Waals surface area contributed by atoms with Crippen molar-refractivity contribution in [2.24, 2.45) is 0 Å². The summed E-state index contributed by atoms with van der Waals surface area (Å²) in [5.74, 6) is 0.563. The van der Waals surface area contributed by atoms with Crippen LogP contribution in [0.3, 0.4) is 0 Å². The minimum Gasteiger partial charge on any atom is -0.495 e. The maximum Gasteiger partial charge on any atom is 0.263 e. The number of thiophene rings is 1. The molecule has 0 aliphatic rings. The Morgan fingerprint density at radius 2 is 2.04 bits per heavy atom. The molecule has 2 heterocycles. The lowest BCUT2D eigenvalue weighted by atomic mass is 10.2. The number of aryl methyl sites for hydroxylation is 2. The van der Waals surface area contributed by atoms with Crippen molar-refractivity contribution in [2.45, 2.75) is 38.9 Å². The van der Waals surface area contributed by atoms with Gasteiger partial charge < -0.3 is 10.1 Å². The van der Waals surface area contributed by atoms with Crippen LogP contribution in [0.25, 0.3) is 10.2 Å². The quantitative estimate of drug-likeness (QED) is 0.475. The van der Waals surface area contributed by atoms with Gasteiger partial charge in [-0.2, -0.15) is 0 Å². The Bertz CT molecular complexity index is 1090. The van der Waals surface area contributed by atoms with E-state index in [1.54, 1.807) is 23.8 Å². The van der Waals surface area contributed by atoms with Crippen molar-refractivity contribution in [1.82, 2.24) is 9.55 Å². The molecule has 148 valence electrons. The third-order valence-corrected chi connectivity index (χ3v) is 6.49. The summed E-state index contributed by atoms with van der Waals surface area (Å²) in [4.78, 5) is 32.0. The van der Waals surface area contributed by atoms with Gasteiger partial charge in [0.05, 0.1) is 23.9 Å². The first-order valence-corrected chi connectivity index (χ1v) is 10.7. The van der Waals surface area contributed by atoms with Crippen LogP contribution >= 0.6 is 23.1 Å². The molecule has 0 unspecified atom stereocenters. The molecular weight excluding hydrogens is 394 g/mol. The third kappa shape index (κ3) is 3.93. The molecule has 1 aromatic carbocycles. The monoisotopic (exact) mass is 417 g/mol. The van der Waals surface area contributed by atoms with Gasteiger partial charge in [-0.15, -0.1) is 11.3 Å². The summed E-state index contributed by atoms with van der Waals surface area (Å²) in [6.45, 7) is 7.84. The fourth-order valence-corrected chi connectivity index (χ4v) is 4.91. The minimum absolute atomic E-state index is 0.0468. The highest BCUT2D eigenvalue weighted by atomic mass is 32.2. The second-order valence-corrected chi connectivity index (χ2v) is 8.81. The summed E-state index contributed by atoms with van der Waals surface area (Å²) in [5, 5.41) is 4.09. The lowest BCUT2D eigenvalue weighted by molar-refractivity contribution is -0.113. The number of carbonyl (C=O) groups excluding carboxylic acids is 1. The van der Waals surface area contributed by atoms with Crippen molar-refractivity contribution in [3.8, 4) is 5.75 Å². The largest absolute Gasteiger partial charge is 0.495 e. The van der Waals surface area contributed by atoms with Crippen molar-refractivity contribution in [3.63, 3.8) is 0 Å². The number of para-hydroxylation sites is 2. The fraction of sp³-hybridized carbons (Fsp3) is 0.350. The fourth-order valence-electron chi connectivity index (χ4n) is 2.91. The first-order chi connectivity index (χ1) is 13.3. The van der Waals surface area contributed by atoms with E-state index in [0.29, 0.717) is 22.0 Å². The number of benzene rings is 1. The second kappa shape index (κ2) is 8.36. The Labute approximate surface area is 171 Å². The van der Waals surface area contributed by atoms with E-state index in [4.69, 9.17) is 9.72 Å².